The van der Waals surface area contributed by atoms with Crippen molar-refractivity contribution in [1.82, 2.24) is 10.6 Å². The minimum Gasteiger partial charge on any atom is -0.493 e. The van der Waals surface area contributed by atoms with Gasteiger partial charge in [-0.2, -0.15) is 0 Å². The topological polar surface area (TPSA) is 64.1 Å². The van der Waals surface area contributed by atoms with Gasteiger partial charge in [0.05, 0.1) is 21.3 Å². The molecule has 30 heavy (non-hydrogen) atoms. The van der Waals surface area contributed by atoms with Crippen LogP contribution in [0.2, 0.25) is 0 Å². The Balaban J connectivity index is 0.00000320. The van der Waals surface area contributed by atoms with Gasteiger partial charge in [0.15, 0.2) is 17.5 Å². The third-order valence-corrected chi connectivity index (χ3v) is 5.57. The van der Waals surface area contributed by atoms with E-state index >= 15 is 0 Å². The second-order valence-electron chi connectivity index (χ2n) is 7.41. The van der Waals surface area contributed by atoms with Crippen LogP contribution in [0.15, 0.2) is 41.4 Å². The highest BCUT2D eigenvalue weighted by atomic mass is 127. The van der Waals surface area contributed by atoms with Crippen LogP contribution in [0.25, 0.3) is 0 Å². The molecule has 0 heterocycles. The Kier molecular flexibility index (Phi) is 8.64. The van der Waals surface area contributed by atoms with E-state index in [-0.39, 0.29) is 29.4 Å². The third-order valence-electron chi connectivity index (χ3n) is 5.57. The van der Waals surface area contributed by atoms with Gasteiger partial charge in [-0.05, 0) is 48.6 Å². The number of rotatable bonds is 8. The fourth-order valence-electron chi connectivity index (χ4n) is 3.76. The first-order valence-electron chi connectivity index (χ1n) is 9.86. The number of nitrogens with zero attached hydrogens (tertiary/aromatic N) is 1. The molecule has 2 N–H and O–H groups in total. The number of hydrogen-bond acceptors (Lipinski definition) is 4. The molecule has 2 aromatic carbocycles. The summed E-state index contributed by atoms with van der Waals surface area (Å²) < 4.78 is 16.3. The maximum atomic E-state index is 5.43. The Morgan fingerprint density at radius 1 is 1.00 bits per heavy atom. The summed E-state index contributed by atoms with van der Waals surface area (Å²) in [7, 11) is 6.63. The van der Waals surface area contributed by atoms with Crippen LogP contribution in [-0.2, 0) is 12.0 Å². The van der Waals surface area contributed by atoms with Crippen molar-refractivity contribution < 1.29 is 14.2 Å². The zero-order valence-corrected chi connectivity index (χ0v) is 20.7. The number of aliphatic imine (C=N–C) groups is 1. The number of nitrogens with one attached hydrogen (secondary N) is 2. The van der Waals surface area contributed by atoms with Crippen molar-refractivity contribution in [2.24, 2.45) is 4.99 Å². The number of aryl methyl sites for hydroxylation is 1. The monoisotopic (exact) mass is 525 g/mol. The first-order valence-corrected chi connectivity index (χ1v) is 9.86. The van der Waals surface area contributed by atoms with Gasteiger partial charge in [-0.1, -0.05) is 24.3 Å². The van der Waals surface area contributed by atoms with Gasteiger partial charge in [0.2, 0.25) is 5.75 Å². The molecule has 0 radical (unpaired) electrons. The number of guanidine groups is 1. The molecule has 0 aromatic heterocycles. The molecule has 0 amide bonds. The lowest BCUT2D eigenvalue weighted by molar-refractivity contribution is 0.323. The summed E-state index contributed by atoms with van der Waals surface area (Å²) in [6.45, 7) is 3.65. The zero-order chi connectivity index (χ0) is 20.9. The molecule has 7 heteroatoms. The zero-order valence-electron chi connectivity index (χ0n) is 18.4. The van der Waals surface area contributed by atoms with Gasteiger partial charge in [-0.25, -0.2) is 0 Å². The smallest absolute Gasteiger partial charge is 0.203 e. The molecule has 2 aromatic rings. The minimum atomic E-state index is 0. The Bertz CT molecular complexity index is 857. The summed E-state index contributed by atoms with van der Waals surface area (Å²) in [6.07, 6.45) is 2.41. The summed E-state index contributed by atoms with van der Waals surface area (Å²) in [4.78, 5) is 4.38. The Morgan fingerprint density at radius 2 is 1.63 bits per heavy atom. The van der Waals surface area contributed by atoms with Gasteiger partial charge in [0.25, 0.3) is 0 Å². The van der Waals surface area contributed by atoms with Crippen molar-refractivity contribution in [3.8, 4) is 17.2 Å². The quantitative estimate of drug-likeness (QED) is 0.310. The lowest BCUT2D eigenvalue weighted by Crippen LogP contribution is -2.41. The van der Waals surface area contributed by atoms with Crippen LogP contribution in [0.4, 0.5) is 0 Å². The summed E-state index contributed by atoms with van der Waals surface area (Å²) >= 11 is 0. The Hall–Kier alpha value is -2.16. The molecule has 1 aliphatic carbocycles. The van der Waals surface area contributed by atoms with Crippen molar-refractivity contribution >= 4 is 29.9 Å². The first kappa shape index (κ1) is 24.1. The lowest BCUT2D eigenvalue weighted by atomic mass is 9.92. The molecule has 0 spiro atoms. The van der Waals surface area contributed by atoms with E-state index in [4.69, 9.17) is 14.2 Å². The van der Waals surface area contributed by atoms with Crippen molar-refractivity contribution in [1.29, 1.82) is 0 Å². The van der Waals surface area contributed by atoms with E-state index in [1.807, 2.05) is 12.1 Å². The molecule has 0 unspecified atom stereocenters. The van der Waals surface area contributed by atoms with E-state index in [0.29, 0.717) is 23.8 Å². The highest BCUT2D eigenvalue weighted by molar-refractivity contribution is 14.0. The second kappa shape index (κ2) is 10.7. The lowest BCUT2D eigenvalue weighted by Gasteiger charge is -2.21. The van der Waals surface area contributed by atoms with E-state index in [1.54, 1.807) is 28.4 Å². The van der Waals surface area contributed by atoms with Crippen LogP contribution < -0.4 is 24.8 Å². The first-order chi connectivity index (χ1) is 14.1. The maximum absolute atomic E-state index is 5.43. The summed E-state index contributed by atoms with van der Waals surface area (Å²) in [6, 6.07) is 12.5. The van der Waals surface area contributed by atoms with E-state index in [1.165, 1.54) is 24.0 Å². The largest absolute Gasteiger partial charge is 0.493 e. The van der Waals surface area contributed by atoms with Gasteiger partial charge in [0, 0.05) is 25.6 Å². The number of halogens is 1. The normalized spacial score (nSPS) is 14.4. The molecule has 1 saturated carbocycles. The predicted octanol–water partition coefficient (Wildman–Crippen LogP) is 4.04. The molecule has 0 aliphatic heterocycles. The maximum Gasteiger partial charge on any atom is 0.203 e. The molecule has 6 nitrogen and oxygen atoms in total. The number of hydrogen-bond donors (Lipinski definition) is 2. The molecule has 1 aliphatic rings. The molecular formula is C23H32IN3O3. The van der Waals surface area contributed by atoms with Gasteiger partial charge < -0.3 is 24.8 Å². The minimum absolute atomic E-state index is 0. The van der Waals surface area contributed by atoms with Crippen LogP contribution in [0, 0.1) is 6.92 Å². The highest BCUT2D eigenvalue weighted by Crippen LogP contribution is 2.48. The third kappa shape index (κ3) is 5.30. The standard InChI is InChI=1S/C23H31N3O3.HI/c1-16-8-6-7-9-18(16)23(10-11-23)15-26-22(24-2)25-14-17-12-19(27-3)21(29-5)20(13-17)28-4;/h6-9,12-13H,10-11,14-15H2,1-5H3,(H2,24,25,26);1H. The SMILES string of the molecule is CN=C(NCc1cc(OC)c(OC)c(OC)c1)NCC1(c2ccccc2C)CC1.I. The predicted molar refractivity (Wildman–Crippen MR) is 132 cm³/mol. The molecule has 0 saturated heterocycles. The number of ether oxygens (including phenoxy) is 3. The molecule has 1 fully saturated rings. The van der Waals surface area contributed by atoms with Gasteiger partial charge in [0.1, 0.15) is 0 Å². The van der Waals surface area contributed by atoms with Crippen molar-refractivity contribution in [3.63, 3.8) is 0 Å². The molecule has 3 rings (SSSR count). The van der Waals surface area contributed by atoms with Crippen LogP contribution in [0.5, 0.6) is 17.2 Å². The average molecular weight is 525 g/mol. The summed E-state index contributed by atoms with van der Waals surface area (Å²) in [5, 5.41) is 6.88. The van der Waals surface area contributed by atoms with E-state index in [2.05, 4.69) is 46.8 Å². The van der Waals surface area contributed by atoms with Gasteiger partial charge >= 0.3 is 0 Å². The fourth-order valence-corrected chi connectivity index (χ4v) is 3.76. The molecule has 0 atom stereocenters. The van der Waals surface area contributed by atoms with Crippen molar-refractivity contribution in [2.45, 2.75) is 31.7 Å². The van der Waals surface area contributed by atoms with Crippen molar-refractivity contribution in [2.75, 3.05) is 34.9 Å². The second-order valence-corrected chi connectivity index (χ2v) is 7.41. The van der Waals surface area contributed by atoms with E-state index < -0.39 is 0 Å². The Labute approximate surface area is 196 Å². The Morgan fingerprint density at radius 3 is 2.13 bits per heavy atom. The van der Waals surface area contributed by atoms with Crippen LogP contribution in [0.3, 0.4) is 0 Å². The van der Waals surface area contributed by atoms with Crippen LogP contribution >= 0.6 is 24.0 Å². The number of methoxy groups -OCH3 is 3. The van der Waals surface area contributed by atoms with Crippen LogP contribution in [-0.4, -0.2) is 40.9 Å². The average Bonchev–Trinajstić information content (AvgIpc) is 3.54. The molecule has 164 valence electrons. The van der Waals surface area contributed by atoms with Gasteiger partial charge in [-0.3, -0.25) is 4.99 Å². The van der Waals surface area contributed by atoms with Gasteiger partial charge in [-0.15, -0.1) is 24.0 Å². The van der Waals surface area contributed by atoms with Crippen LogP contribution in [0.1, 0.15) is 29.5 Å². The fraction of sp³-hybridized carbons (Fsp3) is 0.435. The summed E-state index contributed by atoms with van der Waals surface area (Å²) in [5.74, 6) is 2.65. The molecular weight excluding hydrogens is 493 g/mol. The van der Waals surface area contributed by atoms with Crippen molar-refractivity contribution in [3.05, 3.63) is 53.1 Å². The van der Waals surface area contributed by atoms with E-state index in [9.17, 15) is 0 Å². The summed E-state index contributed by atoms with van der Waals surface area (Å²) in [5.41, 5.74) is 4.03. The van der Waals surface area contributed by atoms with E-state index in [0.717, 1.165) is 18.1 Å². The molecule has 0 bridgehead atoms. The highest BCUT2D eigenvalue weighted by Gasteiger charge is 2.44. The number of benzene rings is 2.